The molecular weight excluding hydrogens is 452 g/mol. The molecule has 33 heavy (non-hydrogen) atoms. The van der Waals surface area contributed by atoms with Gasteiger partial charge in [-0.15, -0.1) is 0 Å². The molecule has 0 unspecified atom stereocenters. The number of nitrogens with zero attached hydrogens (tertiary/aromatic N) is 2. The number of aromatic nitrogens is 2. The summed E-state index contributed by atoms with van der Waals surface area (Å²) >= 11 is 0. The van der Waals surface area contributed by atoms with Gasteiger partial charge >= 0.3 is 6.18 Å². The molecule has 2 aromatic carbocycles. The lowest BCUT2D eigenvalue weighted by molar-refractivity contribution is -0.138. The first kappa shape index (κ1) is 24.6. The van der Waals surface area contributed by atoms with Crippen LogP contribution in [0.4, 0.5) is 32.2 Å². The second kappa shape index (κ2) is 9.42. The highest BCUT2D eigenvalue weighted by Gasteiger charge is 2.35. The zero-order chi connectivity index (χ0) is 24.4. The molecule has 0 aliphatic carbocycles. The molecule has 0 saturated heterocycles. The number of benzene rings is 2. The van der Waals surface area contributed by atoms with E-state index in [0.29, 0.717) is 6.92 Å². The largest absolute Gasteiger partial charge is 0.491 e. The van der Waals surface area contributed by atoms with Crippen molar-refractivity contribution in [2.45, 2.75) is 32.5 Å². The number of rotatable bonds is 8. The lowest BCUT2D eigenvalue weighted by atomic mass is 10.0. The average molecular weight is 473 g/mol. The predicted molar refractivity (Wildman–Crippen MR) is 110 cm³/mol. The summed E-state index contributed by atoms with van der Waals surface area (Å²) in [7, 11) is 1.38. The highest BCUT2D eigenvalue weighted by molar-refractivity contribution is 5.91. The SMILES string of the molecule is COCCOc1cc2c(NCc3cccc(C(C)(F)F)c3F)nc(C)nc2cc1C(F)(F)F. The van der Waals surface area contributed by atoms with Crippen LogP contribution in [0.1, 0.15) is 29.4 Å². The number of aryl methyl sites for hydroxylation is 1. The molecule has 0 aliphatic heterocycles. The van der Waals surface area contributed by atoms with E-state index in [4.69, 9.17) is 9.47 Å². The van der Waals surface area contributed by atoms with Gasteiger partial charge in [-0.05, 0) is 19.1 Å². The van der Waals surface area contributed by atoms with Crippen LogP contribution < -0.4 is 10.1 Å². The fourth-order valence-electron chi connectivity index (χ4n) is 3.22. The molecule has 11 heteroatoms. The first-order valence-electron chi connectivity index (χ1n) is 9.82. The first-order valence-corrected chi connectivity index (χ1v) is 9.82. The first-order chi connectivity index (χ1) is 15.4. The van der Waals surface area contributed by atoms with E-state index < -0.39 is 34.8 Å². The number of hydrogen-bond donors (Lipinski definition) is 1. The zero-order valence-electron chi connectivity index (χ0n) is 18.0. The van der Waals surface area contributed by atoms with Gasteiger partial charge in [-0.3, -0.25) is 0 Å². The van der Waals surface area contributed by atoms with Gasteiger partial charge in [0.1, 0.15) is 29.8 Å². The number of halogens is 6. The van der Waals surface area contributed by atoms with Gasteiger partial charge in [-0.25, -0.2) is 23.1 Å². The third-order valence-corrected chi connectivity index (χ3v) is 4.76. The fourth-order valence-corrected chi connectivity index (χ4v) is 3.22. The molecule has 0 spiro atoms. The van der Waals surface area contributed by atoms with Crippen molar-refractivity contribution in [1.82, 2.24) is 9.97 Å². The average Bonchev–Trinajstić information content (AvgIpc) is 2.71. The monoisotopic (exact) mass is 473 g/mol. The van der Waals surface area contributed by atoms with Crippen LogP contribution in [0.2, 0.25) is 0 Å². The van der Waals surface area contributed by atoms with Gasteiger partial charge < -0.3 is 14.8 Å². The van der Waals surface area contributed by atoms with Crippen LogP contribution >= 0.6 is 0 Å². The summed E-state index contributed by atoms with van der Waals surface area (Å²) in [6, 6.07) is 5.60. The Labute approximate surface area is 185 Å². The number of alkyl halides is 5. The van der Waals surface area contributed by atoms with Crippen molar-refractivity contribution in [2.24, 2.45) is 0 Å². The van der Waals surface area contributed by atoms with Crippen molar-refractivity contribution < 1.29 is 35.8 Å². The summed E-state index contributed by atoms with van der Waals surface area (Å²) in [4.78, 5) is 8.25. The minimum absolute atomic E-state index is 0.00858. The van der Waals surface area contributed by atoms with Crippen molar-refractivity contribution >= 4 is 16.7 Å². The summed E-state index contributed by atoms with van der Waals surface area (Å²) < 4.78 is 92.6. The number of nitrogens with one attached hydrogen (secondary N) is 1. The van der Waals surface area contributed by atoms with E-state index in [-0.39, 0.29) is 47.9 Å². The summed E-state index contributed by atoms with van der Waals surface area (Å²) in [5, 5.41) is 3.01. The summed E-state index contributed by atoms with van der Waals surface area (Å²) in [5.74, 6) is -4.62. The van der Waals surface area contributed by atoms with Gasteiger partial charge in [-0.2, -0.15) is 13.2 Å². The summed E-state index contributed by atoms with van der Waals surface area (Å²) in [5.41, 5.74) is -1.83. The van der Waals surface area contributed by atoms with Gasteiger partial charge in [0.15, 0.2) is 0 Å². The second-order valence-electron chi connectivity index (χ2n) is 7.34. The highest BCUT2D eigenvalue weighted by Crippen LogP contribution is 2.40. The molecule has 3 rings (SSSR count). The lowest BCUT2D eigenvalue weighted by Gasteiger charge is -2.17. The van der Waals surface area contributed by atoms with Crippen LogP contribution in [0.25, 0.3) is 10.9 Å². The third-order valence-electron chi connectivity index (χ3n) is 4.76. The summed E-state index contributed by atoms with van der Waals surface area (Å²) in [6.45, 7) is 1.79. The van der Waals surface area contributed by atoms with Crippen molar-refractivity contribution in [3.05, 3.63) is 58.7 Å². The molecule has 5 nitrogen and oxygen atoms in total. The van der Waals surface area contributed by atoms with Gasteiger partial charge in [0, 0.05) is 31.5 Å². The van der Waals surface area contributed by atoms with E-state index in [1.165, 1.54) is 26.2 Å². The maximum Gasteiger partial charge on any atom is 0.420 e. The van der Waals surface area contributed by atoms with Crippen LogP contribution in [0.3, 0.4) is 0 Å². The van der Waals surface area contributed by atoms with Crippen LogP contribution in [-0.4, -0.2) is 30.3 Å². The zero-order valence-corrected chi connectivity index (χ0v) is 18.0. The smallest absolute Gasteiger partial charge is 0.420 e. The Balaban J connectivity index is 2.02. The maximum absolute atomic E-state index is 14.6. The number of fused-ring (bicyclic) bond motifs is 1. The molecule has 3 aromatic rings. The van der Waals surface area contributed by atoms with E-state index in [9.17, 15) is 26.3 Å². The number of anilines is 1. The molecule has 1 aromatic heterocycles. The molecule has 0 fully saturated rings. The number of ether oxygens (including phenoxy) is 2. The fraction of sp³-hybridized carbons (Fsp3) is 0.364. The Morgan fingerprint density at radius 2 is 1.73 bits per heavy atom. The quantitative estimate of drug-likeness (QED) is 0.329. The Kier molecular flexibility index (Phi) is 7.01. The molecular formula is C22H21F6N3O2. The van der Waals surface area contributed by atoms with Crippen LogP contribution in [0.5, 0.6) is 5.75 Å². The molecule has 0 saturated carbocycles. The predicted octanol–water partition coefficient (Wildman–Crippen LogP) is 5.85. The Morgan fingerprint density at radius 3 is 2.36 bits per heavy atom. The number of hydrogen-bond acceptors (Lipinski definition) is 5. The minimum Gasteiger partial charge on any atom is -0.491 e. The van der Waals surface area contributed by atoms with Gasteiger partial charge in [-0.1, -0.05) is 18.2 Å². The Morgan fingerprint density at radius 1 is 1.00 bits per heavy atom. The molecule has 0 aliphatic rings. The minimum atomic E-state index is -4.70. The molecule has 0 atom stereocenters. The van der Waals surface area contributed by atoms with Crippen molar-refractivity contribution in [3.8, 4) is 5.75 Å². The van der Waals surface area contributed by atoms with E-state index in [1.54, 1.807) is 0 Å². The van der Waals surface area contributed by atoms with E-state index in [2.05, 4.69) is 15.3 Å². The Bertz CT molecular complexity index is 1150. The van der Waals surface area contributed by atoms with Gasteiger partial charge in [0.2, 0.25) is 0 Å². The van der Waals surface area contributed by atoms with Crippen LogP contribution in [0, 0.1) is 12.7 Å². The maximum atomic E-state index is 14.6. The molecule has 0 bridgehead atoms. The van der Waals surface area contributed by atoms with E-state index in [1.807, 2.05) is 0 Å². The van der Waals surface area contributed by atoms with Crippen molar-refractivity contribution in [2.75, 3.05) is 25.6 Å². The van der Waals surface area contributed by atoms with Gasteiger partial charge in [0.25, 0.3) is 5.92 Å². The lowest BCUT2D eigenvalue weighted by Crippen LogP contribution is -2.14. The summed E-state index contributed by atoms with van der Waals surface area (Å²) in [6.07, 6.45) is -4.70. The van der Waals surface area contributed by atoms with Crippen LogP contribution in [0.15, 0.2) is 30.3 Å². The van der Waals surface area contributed by atoms with E-state index >= 15 is 0 Å². The highest BCUT2D eigenvalue weighted by atomic mass is 19.4. The normalized spacial score (nSPS) is 12.3. The molecule has 1 N–H and O–H groups in total. The molecule has 1 heterocycles. The topological polar surface area (TPSA) is 56.3 Å². The number of methoxy groups -OCH3 is 1. The van der Waals surface area contributed by atoms with Crippen molar-refractivity contribution in [1.29, 1.82) is 0 Å². The standard InChI is InChI=1S/C22H21F6N3O2/c1-12-30-17-10-16(22(26,27)28)18(33-8-7-32-3)9-14(17)20(31-12)29-11-13-5-4-6-15(19(13)23)21(2,24)25/h4-6,9-10H,7-8,11H2,1-3H3,(H,29,30,31). The second-order valence-corrected chi connectivity index (χ2v) is 7.34. The van der Waals surface area contributed by atoms with Crippen LogP contribution in [-0.2, 0) is 23.4 Å². The molecule has 0 amide bonds. The van der Waals surface area contributed by atoms with E-state index in [0.717, 1.165) is 18.2 Å². The molecule has 0 radical (unpaired) electrons. The molecule has 178 valence electrons. The third kappa shape index (κ3) is 5.65. The van der Waals surface area contributed by atoms with Crippen molar-refractivity contribution in [3.63, 3.8) is 0 Å². The Hall–Kier alpha value is -3.08. The van der Waals surface area contributed by atoms with Gasteiger partial charge in [0.05, 0.1) is 23.3 Å².